The van der Waals surface area contributed by atoms with Crippen LogP contribution in [0.5, 0.6) is 0 Å². The summed E-state index contributed by atoms with van der Waals surface area (Å²) in [5.41, 5.74) is 0.457. The average Bonchev–Trinajstić information content (AvgIpc) is 3.27. The molecule has 2 aromatic rings. The van der Waals surface area contributed by atoms with Gasteiger partial charge in [-0.05, 0) is 32.1 Å². The molecular formula is C23H27F3N4O2S. The smallest absolute Gasteiger partial charge is 0.224 e. The van der Waals surface area contributed by atoms with Crippen LogP contribution in [0, 0.1) is 17.5 Å². The van der Waals surface area contributed by atoms with Gasteiger partial charge >= 0.3 is 0 Å². The molecule has 1 aromatic heterocycles. The Labute approximate surface area is 196 Å². The van der Waals surface area contributed by atoms with Crippen LogP contribution in [0.25, 0.3) is 0 Å². The highest BCUT2D eigenvalue weighted by atomic mass is 32.1. The van der Waals surface area contributed by atoms with Gasteiger partial charge in [0.1, 0.15) is 23.3 Å². The van der Waals surface area contributed by atoms with E-state index in [-0.39, 0.29) is 36.6 Å². The highest BCUT2D eigenvalue weighted by Gasteiger charge is 2.22. The molecule has 4 rings (SSSR count). The number of benzene rings is 1. The summed E-state index contributed by atoms with van der Waals surface area (Å²) in [5.74, 6) is -1.80. The van der Waals surface area contributed by atoms with Gasteiger partial charge in [0.05, 0.1) is 18.8 Å². The first kappa shape index (κ1) is 23.8. The van der Waals surface area contributed by atoms with Crippen LogP contribution in [0.3, 0.4) is 0 Å². The van der Waals surface area contributed by atoms with Crippen LogP contribution in [-0.4, -0.2) is 51.3 Å². The number of nitrogens with zero attached hydrogens (tertiary/aromatic N) is 2. The molecule has 178 valence electrons. The maximum Gasteiger partial charge on any atom is 0.224 e. The number of aromatic nitrogens is 2. The van der Waals surface area contributed by atoms with E-state index in [0.29, 0.717) is 47.5 Å². The molecule has 2 aliphatic rings. The van der Waals surface area contributed by atoms with E-state index in [1.165, 1.54) is 0 Å². The lowest BCUT2D eigenvalue weighted by atomic mass is 9.93. The summed E-state index contributed by atoms with van der Waals surface area (Å²) >= 11 is 5.41. The minimum atomic E-state index is -0.964. The van der Waals surface area contributed by atoms with Crippen LogP contribution < -0.4 is 10.6 Å². The van der Waals surface area contributed by atoms with Gasteiger partial charge < -0.3 is 20.5 Å². The van der Waals surface area contributed by atoms with Crippen LogP contribution in [0.4, 0.5) is 24.9 Å². The molecule has 1 saturated carbocycles. The Hall–Kier alpha value is -2.30. The topological polar surface area (TPSA) is 79.3 Å². The molecule has 1 unspecified atom stereocenters. The third-order valence-electron chi connectivity index (χ3n) is 6.03. The number of rotatable bonds is 8. The predicted octanol–water partition coefficient (Wildman–Crippen LogP) is 3.97. The molecule has 0 spiro atoms. The molecule has 33 heavy (non-hydrogen) atoms. The molecule has 0 radical (unpaired) electrons. The van der Waals surface area contributed by atoms with E-state index in [1.54, 1.807) is 6.20 Å². The molecule has 1 atom stereocenters. The van der Waals surface area contributed by atoms with Gasteiger partial charge in [-0.15, -0.1) is 0 Å². The zero-order chi connectivity index (χ0) is 23.4. The number of thiocarbonyl (C=S) groups is 1. The number of anilines is 2. The summed E-state index contributed by atoms with van der Waals surface area (Å²) < 4.78 is 46.7. The van der Waals surface area contributed by atoms with Crippen LogP contribution in [0.1, 0.15) is 43.2 Å². The van der Waals surface area contributed by atoms with Crippen LogP contribution in [0.15, 0.2) is 18.3 Å². The van der Waals surface area contributed by atoms with Crippen molar-refractivity contribution in [2.24, 2.45) is 0 Å². The van der Waals surface area contributed by atoms with E-state index in [9.17, 15) is 18.3 Å². The third-order valence-corrected chi connectivity index (χ3v) is 6.32. The van der Waals surface area contributed by atoms with Crippen LogP contribution in [-0.2, 0) is 17.6 Å². The third kappa shape index (κ3) is 6.39. The van der Waals surface area contributed by atoms with Crippen molar-refractivity contribution in [2.75, 3.05) is 23.8 Å². The molecule has 1 aromatic carbocycles. The summed E-state index contributed by atoms with van der Waals surface area (Å²) in [6, 6.07) is 1.59. The van der Waals surface area contributed by atoms with Gasteiger partial charge in [-0.1, -0.05) is 12.2 Å². The fourth-order valence-corrected chi connectivity index (χ4v) is 4.49. The van der Waals surface area contributed by atoms with Crippen molar-refractivity contribution >= 4 is 28.8 Å². The fourth-order valence-electron chi connectivity index (χ4n) is 4.19. The zero-order valence-corrected chi connectivity index (χ0v) is 18.9. The van der Waals surface area contributed by atoms with Crippen molar-refractivity contribution in [2.45, 2.75) is 63.1 Å². The number of hydrogen-bond donors (Lipinski definition) is 3. The second kappa shape index (κ2) is 10.8. The molecular weight excluding hydrogens is 453 g/mol. The fraction of sp³-hybridized carbons (Fsp3) is 0.522. The quantitative estimate of drug-likeness (QED) is 0.494. The molecule has 1 saturated heterocycles. The zero-order valence-electron chi connectivity index (χ0n) is 18.1. The summed E-state index contributed by atoms with van der Waals surface area (Å²) in [5, 5.41) is 16.4. The molecule has 10 heteroatoms. The standard InChI is InChI=1S/C23H27F3N4O2S/c24-14-8-20(25)19(21(26)9-14)10-18(33)7-13-11-27-23(29-15-1-3-17(31)4-2-15)30-22(13)28-16-5-6-32-12-16/h8-9,11,15-17,31H,1-7,10,12H2,(H2,27,28,29,30). The van der Waals surface area contributed by atoms with E-state index in [0.717, 1.165) is 32.1 Å². The Bertz CT molecular complexity index is 973. The first-order chi connectivity index (χ1) is 15.9. The molecule has 2 heterocycles. The van der Waals surface area contributed by atoms with Gasteiger partial charge in [-0.2, -0.15) is 4.98 Å². The lowest BCUT2D eigenvalue weighted by Crippen LogP contribution is -2.29. The molecule has 0 bridgehead atoms. The Kier molecular flexibility index (Phi) is 7.77. The van der Waals surface area contributed by atoms with Crippen LogP contribution >= 0.6 is 12.2 Å². The number of halogens is 3. The van der Waals surface area contributed by atoms with Crippen molar-refractivity contribution in [1.29, 1.82) is 0 Å². The van der Waals surface area contributed by atoms with Gasteiger partial charge in [-0.25, -0.2) is 18.2 Å². The minimum absolute atomic E-state index is 0.0943. The minimum Gasteiger partial charge on any atom is -0.393 e. The molecule has 1 aliphatic carbocycles. The molecule has 3 N–H and O–H groups in total. The van der Waals surface area contributed by atoms with Gasteiger partial charge in [0.15, 0.2) is 0 Å². The molecule has 1 aliphatic heterocycles. The molecule has 0 amide bonds. The van der Waals surface area contributed by atoms with E-state index in [2.05, 4.69) is 20.6 Å². The SMILES string of the molecule is OC1CCC(Nc2ncc(CC(=S)Cc3c(F)cc(F)cc3F)c(NC3CCOC3)n2)CC1. The van der Waals surface area contributed by atoms with Crippen molar-refractivity contribution < 1.29 is 23.0 Å². The number of hydrogen-bond acceptors (Lipinski definition) is 7. The lowest BCUT2D eigenvalue weighted by Gasteiger charge is -2.26. The Balaban J connectivity index is 1.49. The number of ether oxygens (including phenoxy) is 1. The van der Waals surface area contributed by atoms with E-state index in [4.69, 9.17) is 17.0 Å². The summed E-state index contributed by atoms with van der Waals surface area (Å²) in [6.07, 6.45) is 5.51. The summed E-state index contributed by atoms with van der Waals surface area (Å²) in [6.45, 7) is 1.22. The van der Waals surface area contributed by atoms with Crippen LogP contribution in [0.2, 0.25) is 0 Å². The Morgan fingerprint density at radius 1 is 1.03 bits per heavy atom. The first-order valence-electron chi connectivity index (χ1n) is 11.2. The monoisotopic (exact) mass is 480 g/mol. The highest BCUT2D eigenvalue weighted by molar-refractivity contribution is 7.80. The van der Waals surface area contributed by atoms with Crippen molar-refractivity contribution in [3.05, 3.63) is 46.9 Å². The van der Waals surface area contributed by atoms with Crippen molar-refractivity contribution in [3.8, 4) is 0 Å². The maximum absolute atomic E-state index is 14.0. The van der Waals surface area contributed by atoms with E-state index < -0.39 is 17.5 Å². The number of aliphatic hydroxyl groups is 1. The van der Waals surface area contributed by atoms with E-state index in [1.807, 2.05) is 0 Å². The Morgan fingerprint density at radius 2 is 1.76 bits per heavy atom. The van der Waals surface area contributed by atoms with Crippen molar-refractivity contribution in [1.82, 2.24) is 9.97 Å². The second-order valence-corrected chi connectivity index (χ2v) is 9.24. The summed E-state index contributed by atoms with van der Waals surface area (Å²) in [7, 11) is 0. The van der Waals surface area contributed by atoms with Gasteiger partial charge in [0, 0.05) is 59.8 Å². The number of nitrogens with one attached hydrogen (secondary N) is 2. The predicted molar refractivity (Wildman–Crippen MR) is 123 cm³/mol. The lowest BCUT2D eigenvalue weighted by molar-refractivity contribution is 0.126. The average molecular weight is 481 g/mol. The second-order valence-electron chi connectivity index (χ2n) is 8.66. The van der Waals surface area contributed by atoms with E-state index >= 15 is 0 Å². The van der Waals surface area contributed by atoms with Gasteiger partial charge in [-0.3, -0.25) is 0 Å². The maximum atomic E-state index is 14.0. The molecule has 6 nitrogen and oxygen atoms in total. The normalized spacial score (nSPS) is 22.8. The van der Waals surface area contributed by atoms with Crippen molar-refractivity contribution in [3.63, 3.8) is 0 Å². The summed E-state index contributed by atoms with van der Waals surface area (Å²) in [4.78, 5) is 9.45. The molecule has 2 fully saturated rings. The van der Waals surface area contributed by atoms with Gasteiger partial charge in [0.25, 0.3) is 0 Å². The van der Waals surface area contributed by atoms with Gasteiger partial charge in [0.2, 0.25) is 5.95 Å². The number of aliphatic hydroxyl groups excluding tert-OH is 1. The largest absolute Gasteiger partial charge is 0.393 e. The highest BCUT2D eigenvalue weighted by Crippen LogP contribution is 2.24. The Morgan fingerprint density at radius 3 is 2.42 bits per heavy atom. The first-order valence-corrected chi connectivity index (χ1v) is 11.6.